The van der Waals surface area contributed by atoms with Gasteiger partial charge in [0.2, 0.25) is 5.76 Å². The molecule has 1 aliphatic rings. The van der Waals surface area contributed by atoms with Crippen molar-refractivity contribution in [3.63, 3.8) is 0 Å². The third-order valence-corrected chi connectivity index (χ3v) is 3.30. The molecule has 0 saturated heterocycles. The first-order chi connectivity index (χ1) is 9.24. The van der Waals surface area contributed by atoms with Crippen molar-refractivity contribution in [1.82, 2.24) is 0 Å². The third-order valence-electron chi connectivity index (χ3n) is 3.30. The van der Waals surface area contributed by atoms with Gasteiger partial charge >= 0.3 is 5.97 Å². The third kappa shape index (κ3) is 1.63. The number of rotatable bonds is 1. The van der Waals surface area contributed by atoms with Crippen LogP contribution in [0.5, 0.6) is 0 Å². The lowest BCUT2D eigenvalue weighted by Crippen LogP contribution is -2.06. The van der Waals surface area contributed by atoms with Crippen LogP contribution in [0.4, 0.5) is 0 Å². The Kier molecular flexibility index (Phi) is 2.60. The summed E-state index contributed by atoms with van der Waals surface area (Å²) in [6, 6.07) is 15.4. The van der Waals surface area contributed by atoms with Crippen LogP contribution in [0.1, 0.15) is 11.1 Å². The van der Waals surface area contributed by atoms with Crippen molar-refractivity contribution in [2.45, 2.75) is 0 Å². The van der Waals surface area contributed by atoms with E-state index in [2.05, 4.69) is 4.74 Å². The molecular weight excluding hydrogens is 240 g/mol. The molecule has 0 spiro atoms. The average molecular weight is 252 g/mol. The van der Waals surface area contributed by atoms with E-state index in [0.717, 1.165) is 22.3 Å². The summed E-state index contributed by atoms with van der Waals surface area (Å²) >= 11 is 0. The number of ether oxygens (including phenoxy) is 1. The molecule has 0 heterocycles. The van der Waals surface area contributed by atoms with E-state index in [0.29, 0.717) is 5.57 Å². The first-order valence-corrected chi connectivity index (χ1v) is 5.94. The maximum atomic E-state index is 11.6. The molecule has 0 amide bonds. The Morgan fingerprint density at radius 2 is 1.32 bits per heavy atom. The smallest absolute Gasteiger partial charge is 0.373 e. The van der Waals surface area contributed by atoms with E-state index in [-0.39, 0.29) is 5.76 Å². The maximum Gasteiger partial charge on any atom is 0.373 e. The van der Waals surface area contributed by atoms with Crippen molar-refractivity contribution in [1.29, 1.82) is 0 Å². The Bertz CT molecular complexity index is 651. The summed E-state index contributed by atoms with van der Waals surface area (Å²) in [5.41, 5.74) is 4.28. The number of benzene rings is 2. The lowest BCUT2D eigenvalue weighted by atomic mass is 10.0. The molecule has 94 valence electrons. The number of carbonyl (C=O) groups is 1. The molecule has 0 unspecified atom stereocenters. The number of methoxy groups -OCH3 is 1. The van der Waals surface area contributed by atoms with Crippen LogP contribution >= 0.6 is 0 Å². The quantitative estimate of drug-likeness (QED) is 0.411. The molecule has 3 heteroatoms. The molecule has 0 fully saturated rings. The first-order valence-electron chi connectivity index (χ1n) is 5.94. The highest BCUT2D eigenvalue weighted by Gasteiger charge is 2.28. The zero-order valence-electron chi connectivity index (χ0n) is 10.4. The molecule has 1 aliphatic carbocycles. The molecule has 3 nitrogen and oxygen atoms in total. The lowest BCUT2D eigenvalue weighted by molar-refractivity contribution is -0.138. The van der Waals surface area contributed by atoms with Gasteiger partial charge in [-0.25, -0.2) is 4.79 Å². The second kappa shape index (κ2) is 4.28. The van der Waals surface area contributed by atoms with Gasteiger partial charge in [0.1, 0.15) is 0 Å². The van der Waals surface area contributed by atoms with Crippen LogP contribution in [0.15, 0.2) is 54.3 Å². The van der Waals surface area contributed by atoms with E-state index in [1.54, 1.807) is 0 Å². The summed E-state index contributed by atoms with van der Waals surface area (Å²) in [5.74, 6) is -1.07. The van der Waals surface area contributed by atoms with E-state index >= 15 is 0 Å². The first kappa shape index (κ1) is 11.5. The molecule has 0 aliphatic heterocycles. The number of aliphatic hydroxyl groups is 1. The van der Waals surface area contributed by atoms with Crippen LogP contribution in [-0.2, 0) is 9.53 Å². The SMILES string of the molecule is COC(=O)C(O)=C1c2ccccc2-c2ccccc21. The number of hydrogen-bond acceptors (Lipinski definition) is 3. The van der Waals surface area contributed by atoms with Crippen LogP contribution in [0.3, 0.4) is 0 Å². The summed E-state index contributed by atoms with van der Waals surface area (Å²) in [5, 5.41) is 10.1. The molecule has 0 saturated carbocycles. The van der Waals surface area contributed by atoms with E-state index in [1.807, 2.05) is 48.5 Å². The van der Waals surface area contributed by atoms with Crippen molar-refractivity contribution >= 4 is 11.5 Å². The normalized spacial score (nSPS) is 11.7. The average Bonchev–Trinajstić information content (AvgIpc) is 2.80. The fourth-order valence-electron chi connectivity index (χ4n) is 2.47. The van der Waals surface area contributed by atoms with E-state index in [1.165, 1.54) is 7.11 Å². The number of fused-ring (bicyclic) bond motifs is 3. The van der Waals surface area contributed by atoms with E-state index < -0.39 is 5.97 Å². The maximum absolute atomic E-state index is 11.6. The monoisotopic (exact) mass is 252 g/mol. The standard InChI is InChI=1S/C16H12O3/c1-19-16(18)15(17)14-12-8-4-2-6-10(12)11-7-3-5-9-13(11)14/h2-9,17H,1H3. The second-order valence-corrected chi connectivity index (χ2v) is 4.31. The van der Waals surface area contributed by atoms with Gasteiger partial charge in [0.05, 0.1) is 7.11 Å². The largest absolute Gasteiger partial charge is 0.501 e. The van der Waals surface area contributed by atoms with Gasteiger partial charge in [-0.1, -0.05) is 48.5 Å². The summed E-state index contributed by atoms with van der Waals surface area (Å²) in [6.07, 6.45) is 0. The van der Waals surface area contributed by atoms with Crippen molar-refractivity contribution in [2.24, 2.45) is 0 Å². The van der Waals surface area contributed by atoms with Crippen LogP contribution < -0.4 is 0 Å². The van der Waals surface area contributed by atoms with Gasteiger partial charge in [0, 0.05) is 5.57 Å². The molecule has 0 radical (unpaired) electrons. The van der Waals surface area contributed by atoms with Crippen molar-refractivity contribution in [3.8, 4) is 11.1 Å². The molecule has 0 bridgehead atoms. The predicted octanol–water partition coefficient (Wildman–Crippen LogP) is 3.16. The Balaban J connectivity index is 2.35. The zero-order chi connectivity index (χ0) is 13.4. The van der Waals surface area contributed by atoms with Gasteiger partial charge in [0.15, 0.2) is 0 Å². The van der Waals surface area contributed by atoms with Crippen molar-refractivity contribution in [3.05, 3.63) is 65.4 Å². The number of esters is 1. The Morgan fingerprint density at radius 3 is 1.74 bits per heavy atom. The highest BCUT2D eigenvalue weighted by Crippen LogP contribution is 2.44. The van der Waals surface area contributed by atoms with Crippen LogP contribution in [-0.4, -0.2) is 18.2 Å². The summed E-state index contributed by atoms with van der Waals surface area (Å²) < 4.78 is 4.61. The van der Waals surface area contributed by atoms with Crippen LogP contribution in [0.2, 0.25) is 0 Å². The minimum Gasteiger partial charge on any atom is -0.501 e. The predicted molar refractivity (Wildman–Crippen MR) is 72.5 cm³/mol. The summed E-state index contributed by atoms with van der Waals surface area (Å²) in [7, 11) is 1.26. The molecule has 3 rings (SSSR count). The lowest BCUT2D eigenvalue weighted by Gasteiger charge is -2.05. The fourth-order valence-corrected chi connectivity index (χ4v) is 2.47. The minimum absolute atomic E-state index is 0.347. The molecule has 2 aromatic carbocycles. The van der Waals surface area contributed by atoms with Gasteiger partial charge in [-0.05, 0) is 22.3 Å². The van der Waals surface area contributed by atoms with Crippen LogP contribution in [0.25, 0.3) is 16.7 Å². The molecular formula is C16H12O3. The van der Waals surface area contributed by atoms with Gasteiger partial charge in [-0.3, -0.25) is 0 Å². The fraction of sp³-hybridized carbons (Fsp3) is 0.0625. The van der Waals surface area contributed by atoms with Gasteiger partial charge in [-0.2, -0.15) is 0 Å². The van der Waals surface area contributed by atoms with Crippen molar-refractivity contribution in [2.75, 3.05) is 7.11 Å². The summed E-state index contributed by atoms with van der Waals surface area (Å²) in [6.45, 7) is 0. The highest BCUT2D eigenvalue weighted by atomic mass is 16.5. The number of aliphatic hydroxyl groups excluding tert-OH is 1. The Morgan fingerprint density at radius 1 is 0.895 bits per heavy atom. The van der Waals surface area contributed by atoms with Crippen LogP contribution in [0, 0.1) is 0 Å². The zero-order valence-corrected chi connectivity index (χ0v) is 10.4. The van der Waals surface area contributed by atoms with Crippen molar-refractivity contribution < 1.29 is 14.6 Å². The Hall–Kier alpha value is -2.55. The number of hydrogen-bond donors (Lipinski definition) is 1. The molecule has 1 N–H and O–H groups in total. The van der Waals surface area contributed by atoms with Gasteiger partial charge < -0.3 is 9.84 Å². The highest BCUT2D eigenvalue weighted by molar-refractivity contribution is 6.08. The van der Waals surface area contributed by atoms with E-state index in [4.69, 9.17) is 0 Å². The van der Waals surface area contributed by atoms with Gasteiger partial charge in [-0.15, -0.1) is 0 Å². The molecule has 0 atom stereocenters. The Labute approximate surface area is 110 Å². The minimum atomic E-state index is -0.721. The second-order valence-electron chi connectivity index (χ2n) is 4.31. The molecule has 0 aromatic heterocycles. The molecule has 19 heavy (non-hydrogen) atoms. The topological polar surface area (TPSA) is 46.5 Å². The number of carbonyl (C=O) groups excluding carboxylic acids is 1. The van der Waals surface area contributed by atoms with Gasteiger partial charge in [0.25, 0.3) is 0 Å². The molecule has 2 aromatic rings. The van der Waals surface area contributed by atoms with E-state index in [9.17, 15) is 9.90 Å². The summed E-state index contributed by atoms with van der Waals surface area (Å²) in [4.78, 5) is 11.6.